The number of benzene rings is 1. The van der Waals surface area contributed by atoms with Crippen LogP contribution in [0.1, 0.15) is 19.8 Å². The number of hydrogen-bond acceptors (Lipinski definition) is 3. The first kappa shape index (κ1) is 14.0. The molecule has 1 aromatic rings. The lowest BCUT2D eigenvalue weighted by atomic mass is 10.3. The standard InChI is InChI=1S/C13H18N2O3/c1-3-4-12(16)14-9-13(17)15-10-5-7-11(18-2)8-6-10/h5-8H,3-4,9H2,1-2H3,(H,14,16)(H,15,17). The van der Waals surface area contributed by atoms with Gasteiger partial charge in [-0.2, -0.15) is 0 Å². The molecule has 0 aliphatic carbocycles. The molecule has 1 aromatic carbocycles. The molecule has 0 saturated heterocycles. The van der Waals surface area contributed by atoms with E-state index in [0.717, 1.165) is 12.2 Å². The highest BCUT2D eigenvalue weighted by Crippen LogP contribution is 2.14. The summed E-state index contributed by atoms with van der Waals surface area (Å²) < 4.78 is 5.01. The van der Waals surface area contributed by atoms with Gasteiger partial charge in [0, 0.05) is 12.1 Å². The van der Waals surface area contributed by atoms with Crippen molar-refractivity contribution in [3.63, 3.8) is 0 Å². The van der Waals surface area contributed by atoms with Crippen LogP contribution in [0.25, 0.3) is 0 Å². The summed E-state index contributed by atoms with van der Waals surface area (Å²) >= 11 is 0. The highest BCUT2D eigenvalue weighted by Gasteiger charge is 2.05. The average Bonchev–Trinajstić information content (AvgIpc) is 2.38. The normalized spacial score (nSPS) is 9.67. The predicted molar refractivity (Wildman–Crippen MR) is 69.5 cm³/mol. The maximum Gasteiger partial charge on any atom is 0.243 e. The van der Waals surface area contributed by atoms with Gasteiger partial charge in [0.25, 0.3) is 0 Å². The second-order valence-corrected chi connectivity index (χ2v) is 3.80. The van der Waals surface area contributed by atoms with Gasteiger partial charge >= 0.3 is 0 Å². The minimum atomic E-state index is -0.246. The zero-order valence-electron chi connectivity index (χ0n) is 10.7. The summed E-state index contributed by atoms with van der Waals surface area (Å²) in [6.45, 7) is 1.90. The SMILES string of the molecule is CCCC(=O)NCC(=O)Nc1ccc(OC)cc1. The molecule has 0 heterocycles. The van der Waals surface area contributed by atoms with Gasteiger partial charge in [-0.1, -0.05) is 6.92 Å². The Morgan fingerprint density at radius 1 is 1.17 bits per heavy atom. The number of carbonyl (C=O) groups is 2. The Hall–Kier alpha value is -2.04. The number of hydrogen-bond donors (Lipinski definition) is 2. The van der Waals surface area contributed by atoms with E-state index in [-0.39, 0.29) is 18.4 Å². The first-order valence-corrected chi connectivity index (χ1v) is 5.86. The number of anilines is 1. The zero-order chi connectivity index (χ0) is 13.4. The molecular formula is C13H18N2O3. The molecule has 0 unspecified atom stereocenters. The van der Waals surface area contributed by atoms with Gasteiger partial charge in [0.05, 0.1) is 13.7 Å². The molecule has 5 heteroatoms. The third kappa shape index (κ3) is 4.86. The topological polar surface area (TPSA) is 67.4 Å². The van der Waals surface area contributed by atoms with Crippen molar-refractivity contribution >= 4 is 17.5 Å². The minimum absolute atomic E-state index is 0.00906. The third-order valence-corrected chi connectivity index (χ3v) is 2.30. The van der Waals surface area contributed by atoms with Crippen LogP contribution in [0.2, 0.25) is 0 Å². The maximum absolute atomic E-state index is 11.5. The molecule has 98 valence electrons. The fourth-order valence-corrected chi connectivity index (χ4v) is 1.37. The van der Waals surface area contributed by atoms with Gasteiger partial charge in [-0.05, 0) is 30.7 Å². The molecule has 2 N–H and O–H groups in total. The second kappa shape index (κ2) is 7.32. The van der Waals surface area contributed by atoms with Crippen LogP contribution in [0.15, 0.2) is 24.3 Å². The van der Waals surface area contributed by atoms with Crippen molar-refractivity contribution < 1.29 is 14.3 Å². The second-order valence-electron chi connectivity index (χ2n) is 3.80. The zero-order valence-corrected chi connectivity index (χ0v) is 10.7. The van der Waals surface area contributed by atoms with Crippen molar-refractivity contribution in [1.29, 1.82) is 0 Å². The molecule has 0 aromatic heterocycles. The van der Waals surface area contributed by atoms with Crippen LogP contribution in [0, 0.1) is 0 Å². The van der Waals surface area contributed by atoms with Gasteiger partial charge in [-0.15, -0.1) is 0 Å². The van der Waals surface area contributed by atoms with Crippen molar-refractivity contribution in [2.45, 2.75) is 19.8 Å². The van der Waals surface area contributed by atoms with Gasteiger partial charge in [-0.3, -0.25) is 9.59 Å². The van der Waals surface area contributed by atoms with Crippen LogP contribution >= 0.6 is 0 Å². The Morgan fingerprint density at radius 2 is 1.83 bits per heavy atom. The van der Waals surface area contributed by atoms with E-state index in [0.29, 0.717) is 12.1 Å². The fraction of sp³-hybridized carbons (Fsp3) is 0.385. The molecule has 1 rings (SSSR count). The van der Waals surface area contributed by atoms with E-state index in [1.165, 1.54) is 0 Å². The Kier molecular flexibility index (Phi) is 5.70. The first-order chi connectivity index (χ1) is 8.65. The quantitative estimate of drug-likeness (QED) is 0.805. The Labute approximate surface area is 107 Å². The van der Waals surface area contributed by atoms with E-state index in [1.54, 1.807) is 31.4 Å². The molecule has 0 aliphatic heterocycles. The molecule has 0 spiro atoms. The summed E-state index contributed by atoms with van der Waals surface area (Å²) in [5, 5.41) is 5.23. The van der Waals surface area contributed by atoms with Crippen LogP contribution in [0.5, 0.6) is 5.75 Å². The van der Waals surface area contributed by atoms with Crippen molar-refractivity contribution in [3.8, 4) is 5.75 Å². The smallest absolute Gasteiger partial charge is 0.243 e. The maximum atomic E-state index is 11.5. The minimum Gasteiger partial charge on any atom is -0.497 e. The van der Waals surface area contributed by atoms with E-state index in [2.05, 4.69) is 10.6 Å². The monoisotopic (exact) mass is 250 g/mol. The van der Waals surface area contributed by atoms with E-state index in [4.69, 9.17) is 4.74 Å². The van der Waals surface area contributed by atoms with Crippen LogP contribution in [0.3, 0.4) is 0 Å². The fourth-order valence-electron chi connectivity index (χ4n) is 1.37. The van der Waals surface area contributed by atoms with Crippen molar-refractivity contribution in [1.82, 2.24) is 5.32 Å². The van der Waals surface area contributed by atoms with Gasteiger partial charge < -0.3 is 15.4 Å². The highest BCUT2D eigenvalue weighted by molar-refractivity contribution is 5.94. The number of carbonyl (C=O) groups excluding carboxylic acids is 2. The van der Waals surface area contributed by atoms with Crippen LogP contribution in [0.4, 0.5) is 5.69 Å². The average molecular weight is 250 g/mol. The Bertz CT molecular complexity index is 401. The molecule has 0 saturated carbocycles. The van der Waals surface area contributed by atoms with Gasteiger partial charge in [-0.25, -0.2) is 0 Å². The number of ether oxygens (including phenoxy) is 1. The highest BCUT2D eigenvalue weighted by atomic mass is 16.5. The lowest BCUT2D eigenvalue weighted by Crippen LogP contribution is -2.32. The van der Waals surface area contributed by atoms with E-state index in [9.17, 15) is 9.59 Å². The molecule has 5 nitrogen and oxygen atoms in total. The molecule has 0 atom stereocenters. The van der Waals surface area contributed by atoms with Gasteiger partial charge in [0.1, 0.15) is 5.75 Å². The van der Waals surface area contributed by atoms with Crippen LogP contribution in [-0.2, 0) is 9.59 Å². The van der Waals surface area contributed by atoms with Gasteiger partial charge in [0.2, 0.25) is 11.8 Å². The molecular weight excluding hydrogens is 232 g/mol. The number of rotatable bonds is 6. The molecule has 0 radical (unpaired) electrons. The summed E-state index contributed by atoms with van der Waals surface area (Å²) in [5.74, 6) is 0.372. The molecule has 0 fully saturated rings. The predicted octanol–water partition coefficient (Wildman–Crippen LogP) is 1.55. The first-order valence-electron chi connectivity index (χ1n) is 5.86. The van der Waals surface area contributed by atoms with Crippen LogP contribution < -0.4 is 15.4 Å². The molecule has 2 amide bonds. The van der Waals surface area contributed by atoms with Crippen molar-refractivity contribution in [2.24, 2.45) is 0 Å². The van der Waals surface area contributed by atoms with E-state index in [1.807, 2.05) is 6.92 Å². The van der Waals surface area contributed by atoms with Crippen molar-refractivity contribution in [3.05, 3.63) is 24.3 Å². The third-order valence-electron chi connectivity index (χ3n) is 2.30. The van der Waals surface area contributed by atoms with Gasteiger partial charge in [0.15, 0.2) is 0 Å². The lowest BCUT2D eigenvalue weighted by Gasteiger charge is -2.07. The Morgan fingerprint density at radius 3 is 2.39 bits per heavy atom. The lowest BCUT2D eigenvalue weighted by molar-refractivity contribution is -0.124. The Balaban J connectivity index is 2.37. The number of methoxy groups -OCH3 is 1. The molecule has 18 heavy (non-hydrogen) atoms. The summed E-state index contributed by atoms with van der Waals surface area (Å²) in [5.41, 5.74) is 0.672. The van der Waals surface area contributed by atoms with E-state index < -0.39 is 0 Å². The summed E-state index contributed by atoms with van der Waals surface area (Å²) in [6, 6.07) is 6.99. The van der Waals surface area contributed by atoms with E-state index >= 15 is 0 Å². The van der Waals surface area contributed by atoms with Crippen molar-refractivity contribution in [2.75, 3.05) is 19.0 Å². The summed E-state index contributed by atoms with van der Waals surface area (Å²) in [6.07, 6.45) is 1.21. The molecule has 0 aliphatic rings. The van der Waals surface area contributed by atoms with Crippen LogP contribution in [-0.4, -0.2) is 25.5 Å². The summed E-state index contributed by atoms with van der Waals surface area (Å²) in [4.78, 5) is 22.7. The largest absolute Gasteiger partial charge is 0.497 e. The molecule has 0 bridgehead atoms. The summed E-state index contributed by atoms with van der Waals surface area (Å²) in [7, 11) is 1.58. The number of nitrogens with one attached hydrogen (secondary N) is 2. The number of amides is 2.